The second-order valence-electron chi connectivity index (χ2n) is 3.21. The molecule has 0 aromatic rings. The highest BCUT2D eigenvalue weighted by molar-refractivity contribution is 4.68. The van der Waals surface area contributed by atoms with Gasteiger partial charge in [0, 0.05) is 19.2 Å². The molecule has 0 aromatic heterocycles. The zero-order valence-corrected chi connectivity index (χ0v) is 7.54. The summed E-state index contributed by atoms with van der Waals surface area (Å²) in [6, 6.07) is 0.259. The Labute approximate surface area is 68.4 Å². The summed E-state index contributed by atoms with van der Waals surface area (Å²) in [7, 11) is 0. The average Bonchev–Trinajstić information content (AvgIpc) is 1.98. The fraction of sp³-hybridized carbons (Fsp3) is 1.00. The number of nitrogens with one attached hydrogen (secondary N) is 1. The molecule has 0 radical (unpaired) electrons. The standard InChI is InChI=1S/C8H19NO2/c1-6(5-10)8(3)9-4-7(2)11/h6-11H,4-5H2,1-3H3/t6?,7-,8?/m0/s1. The first kappa shape index (κ1) is 10.9. The van der Waals surface area contributed by atoms with Crippen molar-refractivity contribution in [3.8, 4) is 0 Å². The SMILES string of the molecule is CC(CO)C(C)NC[C@H](C)O. The zero-order valence-electron chi connectivity index (χ0n) is 7.54. The van der Waals surface area contributed by atoms with Gasteiger partial charge in [-0.05, 0) is 19.8 Å². The minimum Gasteiger partial charge on any atom is -0.396 e. The van der Waals surface area contributed by atoms with Crippen LogP contribution in [0, 0.1) is 5.92 Å². The van der Waals surface area contributed by atoms with E-state index in [9.17, 15) is 0 Å². The van der Waals surface area contributed by atoms with Gasteiger partial charge in [-0.3, -0.25) is 0 Å². The van der Waals surface area contributed by atoms with Crippen molar-refractivity contribution < 1.29 is 10.2 Å². The molecule has 68 valence electrons. The maximum atomic E-state index is 8.93. The lowest BCUT2D eigenvalue weighted by molar-refractivity contribution is 0.167. The summed E-state index contributed by atoms with van der Waals surface area (Å²) in [5.41, 5.74) is 0. The van der Waals surface area contributed by atoms with Crippen molar-refractivity contribution >= 4 is 0 Å². The Morgan fingerprint density at radius 2 is 1.82 bits per heavy atom. The predicted octanol–water partition coefficient (Wildman–Crippen LogP) is -0.0263. The molecule has 0 spiro atoms. The van der Waals surface area contributed by atoms with E-state index in [0.29, 0.717) is 6.54 Å². The molecule has 3 atom stereocenters. The minimum atomic E-state index is -0.316. The van der Waals surface area contributed by atoms with Crippen LogP contribution in [0.3, 0.4) is 0 Å². The van der Waals surface area contributed by atoms with Gasteiger partial charge < -0.3 is 15.5 Å². The first-order valence-electron chi connectivity index (χ1n) is 4.10. The van der Waals surface area contributed by atoms with Crippen LogP contribution in [0.25, 0.3) is 0 Å². The molecule has 0 heterocycles. The third-order valence-electron chi connectivity index (χ3n) is 1.88. The van der Waals surface area contributed by atoms with Crippen molar-refractivity contribution in [1.29, 1.82) is 0 Å². The number of rotatable bonds is 5. The third-order valence-corrected chi connectivity index (χ3v) is 1.88. The zero-order chi connectivity index (χ0) is 8.85. The van der Waals surface area contributed by atoms with Crippen molar-refractivity contribution in [2.24, 2.45) is 5.92 Å². The molecule has 0 aromatic carbocycles. The maximum absolute atomic E-state index is 8.93. The lowest BCUT2D eigenvalue weighted by Crippen LogP contribution is -2.37. The summed E-state index contributed by atoms with van der Waals surface area (Å²) in [5, 5.41) is 20.8. The van der Waals surface area contributed by atoms with Gasteiger partial charge in [0.15, 0.2) is 0 Å². The van der Waals surface area contributed by atoms with Gasteiger partial charge >= 0.3 is 0 Å². The Bertz CT molecular complexity index is 96.1. The summed E-state index contributed by atoms with van der Waals surface area (Å²) in [6.07, 6.45) is -0.316. The van der Waals surface area contributed by atoms with E-state index in [-0.39, 0.29) is 24.7 Å². The smallest absolute Gasteiger partial charge is 0.0636 e. The fourth-order valence-corrected chi connectivity index (χ4v) is 0.716. The van der Waals surface area contributed by atoms with Crippen LogP contribution in [0.2, 0.25) is 0 Å². The summed E-state index contributed by atoms with van der Waals surface area (Å²) >= 11 is 0. The van der Waals surface area contributed by atoms with Crippen LogP contribution < -0.4 is 5.32 Å². The van der Waals surface area contributed by atoms with Gasteiger partial charge in [0.1, 0.15) is 0 Å². The largest absolute Gasteiger partial charge is 0.396 e. The van der Waals surface area contributed by atoms with E-state index >= 15 is 0 Å². The van der Waals surface area contributed by atoms with Crippen LogP contribution in [0.1, 0.15) is 20.8 Å². The van der Waals surface area contributed by atoms with Crippen LogP contribution >= 0.6 is 0 Å². The maximum Gasteiger partial charge on any atom is 0.0636 e. The van der Waals surface area contributed by atoms with Crippen molar-refractivity contribution in [3.63, 3.8) is 0 Å². The summed E-state index contributed by atoms with van der Waals surface area (Å²) < 4.78 is 0. The van der Waals surface area contributed by atoms with E-state index in [1.54, 1.807) is 6.92 Å². The van der Waals surface area contributed by atoms with Crippen molar-refractivity contribution in [1.82, 2.24) is 5.32 Å². The molecular formula is C8H19NO2. The molecule has 3 N–H and O–H groups in total. The lowest BCUT2D eigenvalue weighted by Gasteiger charge is -2.19. The summed E-state index contributed by atoms with van der Waals surface area (Å²) in [6.45, 7) is 6.49. The first-order valence-corrected chi connectivity index (χ1v) is 4.10. The Morgan fingerprint density at radius 3 is 2.18 bits per heavy atom. The normalized spacial score (nSPS) is 19.4. The highest BCUT2D eigenvalue weighted by Crippen LogP contribution is 1.99. The number of hydrogen-bond donors (Lipinski definition) is 3. The Balaban J connectivity index is 3.43. The molecule has 2 unspecified atom stereocenters. The van der Waals surface area contributed by atoms with Gasteiger partial charge in [0.25, 0.3) is 0 Å². The summed E-state index contributed by atoms with van der Waals surface area (Å²) in [5.74, 6) is 0.244. The minimum absolute atomic E-state index is 0.188. The van der Waals surface area contributed by atoms with Crippen LogP contribution in [-0.2, 0) is 0 Å². The van der Waals surface area contributed by atoms with Gasteiger partial charge in [0.05, 0.1) is 6.10 Å². The molecule has 0 aliphatic carbocycles. The molecular weight excluding hydrogens is 142 g/mol. The van der Waals surface area contributed by atoms with Crippen LogP contribution in [0.15, 0.2) is 0 Å². The quantitative estimate of drug-likeness (QED) is 0.531. The van der Waals surface area contributed by atoms with Gasteiger partial charge in [-0.25, -0.2) is 0 Å². The van der Waals surface area contributed by atoms with Gasteiger partial charge in [-0.1, -0.05) is 6.92 Å². The predicted molar refractivity (Wildman–Crippen MR) is 45.4 cm³/mol. The van der Waals surface area contributed by atoms with E-state index < -0.39 is 0 Å². The second-order valence-corrected chi connectivity index (χ2v) is 3.21. The molecule has 0 aliphatic heterocycles. The molecule has 0 bridgehead atoms. The fourth-order valence-electron chi connectivity index (χ4n) is 0.716. The number of hydrogen-bond acceptors (Lipinski definition) is 3. The molecule has 0 saturated heterocycles. The molecule has 11 heavy (non-hydrogen) atoms. The third kappa shape index (κ3) is 5.18. The number of aliphatic hydroxyl groups is 2. The van der Waals surface area contributed by atoms with Crippen molar-refractivity contribution in [3.05, 3.63) is 0 Å². The van der Waals surface area contributed by atoms with E-state index in [2.05, 4.69) is 5.32 Å². The van der Waals surface area contributed by atoms with Crippen LogP contribution in [0.5, 0.6) is 0 Å². The number of aliphatic hydroxyl groups excluding tert-OH is 2. The highest BCUT2D eigenvalue weighted by atomic mass is 16.3. The molecule has 0 fully saturated rings. The van der Waals surface area contributed by atoms with Gasteiger partial charge in [-0.15, -0.1) is 0 Å². The van der Waals surface area contributed by atoms with E-state index in [0.717, 1.165) is 0 Å². The van der Waals surface area contributed by atoms with E-state index in [1.807, 2.05) is 13.8 Å². The molecule has 0 rings (SSSR count). The Hall–Kier alpha value is -0.120. The van der Waals surface area contributed by atoms with Gasteiger partial charge in [0.2, 0.25) is 0 Å². The van der Waals surface area contributed by atoms with Crippen molar-refractivity contribution in [2.45, 2.75) is 32.9 Å². The van der Waals surface area contributed by atoms with Gasteiger partial charge in [-0.2, -0.15) is 0 Å². The molecule has 0 amide bonds. The lowest BCUT2D eigenvalue weighted by atomic mass is 10.1. The van der Waals surface area contributed by atoms with Crippen molar-refractivity contribution in [2.75, 3.05) is 13.2 Å². The van der Waals surface area contributed by atoms with E-state index in [4.69, 9.17) is 10.2 Å². The van der Waals surface area contributed by atoms with Crippen LogP contribution in [-0.4, -0.2) is 35.5 Å². The summed E-state index contributed by atoms with van der Waals surface area (Å²) in [4.78, 5) is 0. The Morgan fingerprint density at radius 1 is 1.27 bits per heavy atom. The van der Waals surface area contributed by atoms with Crippen LogP contribution in [0.4, 0.5) is 0 Å². The van der Waals surface area contributed by atoms with E-state index in [1.165, 1.54) is 0 Å². The topological polar surface area (TPSA) is 52.5 Å². The monoisotopic (exact) mass is 161 g/mol. The highest BCUT2D eigenvalue weighted by Gasteiger charge is 2.10. The molecule has 3 heteroatoms. The average molecular weight is 161 g/mol. The molecule has 3 nitrogen and oxygen atoms in total. The Kier molecular flexibility index (Phi) is 5.46. The first-order chi connectivity index (χ1) is 5.07. The molecule has 0 aliphatic rings. The second kappa shape index (κ2) is 5.52. The molecule has 0 saturated carbocycles.